The molecule has 0 bridgehead atoms. The summed E-state index contributed by atoms with van der Waals surface area (Å²) in [7, 11) is 0. The zero-order valence-electron chi connectivity index (χ0n) is 13.9. The standard InChI is InChI=1S/C18H30N2O/c1-5-11-19-18(17-9-7-6-8-10-17)16(4)20-12-14(2)21-15(3)13-20/h6-10,14-16,18-19H,5,11-13H2,1-4H3. The SMILES string of the molecule is CCCNC(c1ccccc1)C(C)N1CC(C)OC(C)C1. The Labute approximate surface area is 129 Å². The molecule has 0 radical (unpaired) electrons. The van der Waals surface area contributed by atoms with Gasteiger partial charge in [0.1, 0.15) is 0 Å². The zero-order valence-corrected chi connectivity index (χ0v) is 13.9. The largest absolute Gasteiger partial charge is 0.373 e. The van der Waals surface area contributed by atoms with Gasteiger partial charge < -0.3 is 10.1 Å². The lowest BCUT2D eigenvalue weighted by molar-refractivity contribution is -0.0822. The van der Waals surface area contributed by atoms with Gasteiger partial charge in [0.15, 0.2) is 0 Å². The van der Waals surface area contributed by atoms with Gasteiger partial charge >= 0.3 is 0 Å². The van der Waals surface area contributed by atoms with Crippen molar-refractivity contribution in [2.24, 2.45) is 0 Å². The second-order valence-corrected chi connectivity index (χ2v) is 6.29. The van der Waals surface area contributed by atoms with Crippen LogP contribution in [0.2, 0.25) is 0 Å². The summed E-state index contributed by atoms with van der Waals surface area (Å²) in [5.41, 5.74) is 1.38. The fourth-order valence-electron chi connectivity index (χ4n) is 3.29. The van der Waals surface area contributed by atoms with Gasteiger partial charge in [-0.1, -0.05) is 37.3 Å². The average Bonchev–Trinajstić information content (AvgIpc) is 2.47. The van der Waals surface area contributed by atoms with Crippen LogP contribution in [-0.2, 0) is 4.74 Å². The molecule has 1 aromatic carbocycles. The van der Waals surface area contributed by atoms with Gasteiger partial charge in [0.05, 0.1) is 12.2 Å². The van der Waals surface area contributed by atoms with Gasteiger partial charge in [-0.2, -0.15) is 0 Å². The molecule has 4 unspecified atom stereocenters. The van der Waals surface area contributed by atoms with Crippen LogP contribution in [0, 0.1) is 0 Å². The van der Waals surface area contributed by atoms with Crippen molar-refractivity contribution in [2.75, 3.05) is 19.6 Å². The Kier molecular flexibility index (Phi) is 6.22. The van der Waals surface area contributed by atoms with Gasteiger partial charge in [0.2, 0.25) is 0 Å². The summed E-state index contributed by atoms with van der Waals surface area (Å²) in [6.07, 6.45) is 1.80. The third-order valence-electron chi connectivity index (χ3n) is 4.28. The van der Waals surface area contributed by atoms with Crippen LogP contribution in [0.1, 0.15) is 45.7 Å². The van der Waals surface area contributed by atoms with E-state index in [2.05, 4.69) is 68.2 Å². The summed E-state index contributed by atoms with van der Waals surface area (Å²) in [6, 6.07) is 11.7. The second kappa shape index (κ2) is 7.92. The molecule has 1 aliphatic rings. The van der Waals surface area contributed by atoms with E-state index in [1.54, 1.807) is 0 Å². The van der Waals surface area contributed by atoms with Crippen molar-refractivity contribution >= 4 is 0 Å². The van der Waals surface area contributed by atoms with Crippen molar-refractivity contribution < 1.29 is 4.74 Å². The Hall–Kier alpha value is -0.900. The van der Waals surface area contributed by atoms with E-state index >= 15 is 0 Å². The van der Waals surface area contributed by atoms with Gasteiger partial charge in [-0.05, 0) is 39.3 Å². The summed E-state index contributed by atoms with van der Waals surface area (Å²) in [6.45, 7) is 12.0. The number of morpholine rings is 1. The Morgan fingerprint density at radius 1 is 1.19 bits per heavy atom. The lowest BCUT2D eigenvalue weighted by atomic mass is 9.98. The number of ether oxygens (including phenoxy) is 1. The number of rotatable bonds is 6. The topological polar surface area (TPSA) is 24.5 Å². The van der Waals surface area contributed by atoms with Crippen molar-refractivity contribution in [1.82, 2.24) is 10.2 Å². The van der Waals surface area contributed by atoms with Crippen LogP contribution in [0.15, 0.2) is 30.3 Å². The van der Waals surface area contributed by atoms with Crippen LogP contribution in [0.25, 0.3) is 0 Å². The smallest absolute Gasteiger partial charge is 0.0678 e. The molecule has 1 heterocycles. The zero-order chi connectivity index (χ0) is 15.2. The molecule has 118 valence electrons. The number of benzene rings is 1. The van der Waals surface area contributed by atoms with E-state index in [9.17, 15) is 0 Å². The summed E-state index contributed by atoms with van der Waals surface area (Å²) in [5.74, 6) is 0. The molecule has 3 heteroatoms. The third kappa shape index (κ3) is 4.53. The molecule has 1 fully saturated rings. The number of hydrogen-bond acceptors (Lipinski definition) is 3. The van der Waals surface area contributed by atoms with E-state index < -0.39 is 0 Å². The molecule has 1 N–H and O–H groups in total. The van der Waals surface area contributed by atoms with Crippen LogP contribution >= 0.6 is 0 Å². The van der Waals surface area contributed by atoms with E-state index in [1.807, 2.05) is 0 Å². The fourth-order valence-corrected chi connectivity index (χ4v) is 3.29. The molecule has 1 aliphatic heterocycles. The molecule has 0 saturated carbocycles. The van der Waals surface area contributed by atoms with Crippen molar-refractivity contribution in [1.29, 1.82) is 0 Å². The van der Waals surface area contributed by atoms with Gasteiger partial charge in [0, 0.05) is 25.2 Å². The maximum atomic E-state index is 5.87. The van der Waals surface area contributed by atoms with E-state index in [1.165, 1.54) is 5.56 Å². The minimum atomic E-state index is 0.318. The molecular formula is C18H30N2O. The number of hydrogen-bond donors (Lipinski definition) is 1. The van der Waals surface area contributed by atoms with Gasteiger partial charge in [-0.15, -0.1) is 0 Å². The molecule has 0 amide bonds. The van der Waals surface area contributed by atoms with Crippen LogP contribution in [0.4, 0.5) is 0 Å². The van der Waals surface area contributed by atoms with Crippen molar-refractivity contribution in [3.05, 3.63) is 35.9 Å². The fraction of sp³-hybridized carbons (Fsp3) is 0.667. The van der Waals surface area contributed by atoms with Crippen LogP contribution in [0.3, 0.4) is 0 Å². The lowest BCUT2D eigenvalue weighted by Crippen LogP contribution is -2.52. The van der Waals surface area contributed by atoms with Crippen LogP contribution in [0.5, 0.6) is 0 Å². The highest BCUT2D eigenvalue weighted by Crippen LogP contribution is 2.24. The highest BCUT2D eigenvalue weighted by molar-refractivity contribution is 5.20. The Bertz CT molecular complexity index is 399. The minimum absolute atomic E-state index is 0.318. The maximum absolute atomic E-state index is 5.87. The highest BCUT2D eigenvalue weighted by Gasteiger charge is 2.30. The molecule has 1 saturated heterocycles. The van der Waals surface area contributed by atoms with Gasteiger partial charge in [0.25, 0.3) is 0 Å². The second-order valence-electron chi connectivity index (χ2n) is 6.29. The summed E-state index contributed by atoms with van der Waals surface area (Å²) in [4.78, 5) is 2.57. The van der Waals surface area contributed by atoms with Crippen molar-refractivity contribution in [3.8, 4) is 0 Å². The molecule has 2 rings (SSSR count). The van der Waals surface area contributed by atoms with Crippen molar-refractivity contribution in [3.63, 3.8) is 0 Å². The van der Waals surface area contributed by atoms with Crippen LogP contribution in [-0.4, -0.2) is 42.8 Å². The van der Waals surface area contributed by atoms with Gasteiger partial charge in [-0.3, -0.25) is 4.90 Å². The highest BCUT2D eigenvalue weighted by atomic mass is 16.5. The minimum Gasteiger partial charge on any atom is -0.373 e. The van der Waals surface area contributed by atoms with Gasteiger partial charge in [-0.25, -0.2) is 0 Å². The molecule has 0 aromatic heterocycles. The van der Waals surface area contributed by atoms with Crippen LogP contribution < -0.4 is 5.32 Å². The quantitative estimate of drug-likeness (QED) is 0.870. The van der Waals surface area contributed by atoms with Crippen molar-refractivity contribution in [2.45, 2.75) is 58.4 Å². The van der Waals surface area contributed by atoms with E-state index in [0.29, 0.717) is 24.3 Å². The number of nitrogens with zero attached hydrogens (tertiary/aromatic N) is 1. The molecule has 4 atom stereocenters. The molecule has 0 spiro atoms. The average molecular weight is 290 g/mol. The van der Waals surface area contributed by atoms with E-state index in [4.69, 9.17) is 4.74 Å². The van der Waals surface area contributed by atoms with E-state index in [-0.39, 0.29) is 0 Å². The molecule has 3 nitrogen and oxygen atoms in total. The predicted molar refractivity (Wildman–Crippen MR) is 88.5 cm³/mol. The van der Waals surface area contributed by atoms with E-state index in [0.717, 1.165) is 26.1 Å². The first-order valence-electron chi connectivity index (χ1n) is 8.29. The summed E-state index contributed by atoms with van der Waals surface area (Å²) in [5, 5.41) is 3.73. The lowest BCUT2D eigenvalue weighted by Gasteiger charge is -2.42. The molecule has 0 aliphatic carbocycles. The molecule has 1 aromatic rings. The first kappa shape index (κ1) is 16.5. The maximum Gasteiger partial charge on any atom is 0.0678 e. The first-order valence-corrected chi connectivity index (χ1v) is 8.29. The molecular weight excluding hydrogens is 260 g/mol. The first-order chi connectivity index (χ1) is 10.1. The Morgan fingerprint density at radius 2 is 1.81 bits per heavy atom. The predicted octanol–water partition coefficient (Wildman–Crippen LogP) is 3.23. The Morgan fingerprint density at radius 3 is 2.38 bits per heavy atom. The molecule has 21 heavy (non-hydrogen) atoms. The monoisotopic (exact) mass is 290 g/mol. The normalized spacial score (nSPS) is 26.5. The third-order valence-corrected chi connectivity index (χ3v) is 4.28. The number of nitrogens with one attached hydrogen (secondary N) is 1. The Balaban J connectivity index is 2.11. The summed E-state index contributed by atoms with van der Waals surface area (Å²) < 4.78 is 5.87. The summed E-state index contributed by atoms with van der Waals surface area (Å²) >= 11 is 0.